The highest BCUT2D eigenvalue weighted by atomic mass is 35.5. The molecule has 3 aromatic heterocycles. The summed E-state index contributed by atoms with van der Waals surface area (Å²) in [6, 6.07) is 10.4. The lowest BCUT2D eigenvalue weighted by Crippen LogP contribution is -2.04. The predicted octanol–water partition coefficient (Wildman–Crippen LogP) is 4.95. The van der Waals surface area contributed by atoms with Crippen LogP contribution in [0.1, 0.15) is 38.1 Å². The van der Waals surface area contributed by atoms with Crippen LogP contribution in [0, 0.1) is 0 Å². The highest BCUT2D eigenvalue weighted by Crippen LogP contribution is 2.30. The highest BCUT2D eigenvalue weighted by molar-refractivity contribution is 6.28. The molecule has 0 radical (unpaired) electrons. The number of anilines is 1. The molecular formula is C22H25ClN6O2. The first-order valence-corrected chi connectivity index (χ1v) is 10.3. The fourth-order valence-corrected chi connectivity index (χ4v) is 2.88. The van der Waals surface area contributed by atoms with E-state index in [9.17, 15) is 4.79 Å². The Balaban J connectivity index is 0.000000807. The molecule has 3 heterocycles. The molecule has 0 amide bonds. The number of ether oxygens (including phenoxy) is 1. The third-order valence-electron chi connectivity index (χ3n) is 4.00. The Bertz CT molecular complexity index is 1160. The van der Waals surface area contributed by atoms with E-state index in [1.54, 1.807) is 47.3 Å². The number of halogens is 1. The maximum atomic E-state index is 11.7. The Kier molecular flexibility index (Phi) is 8.45. The van der Waals surface area contributed by atoms with Gasteiger partial charge in [-0.2, -0.15) is 4.98 Å². The van der Waals surface area contributed by atoms with Crippen LogP contribution in [0.2, 0.25) is 5.28 Å². The fourth-order valence-electron chi connectivity index (χ4n) is 2.75. The molecule has 0 bridgehead atoms. The van der Waals surface area contributed by atoms with Gasteiger partial charge < -0.3 is 10.5 Å². The minimum atomic E-state index is -0.417. The molecule has 0 aliphatic heterocycles. The minimum absolute atomic E-state index is 0.0977. The third-order valence-corrected chi connectivity index (χ3v) is 4.18. The zero-order valence-corrected chi connectivity index (χ0v) is 18.9. The SMILES string of the molecule is CC.CC.COC(=O)c1ccc(-n2c(-c3cccnc3N)nc3cnc(Cl)nc32)cc1. The molecule has 2 N–H and O–H groups in total. The van der Waals surface area contributed by atoms with Crippen molar-refractivity contribution in [2.24, 2.45) is 0 Å². The standard InChI is InChI=1S/C18H13ClN6O2.2C2H6/c1-27-17(26)10-4-6-11(7-5-10)25-15(12-3-2-8-21-14(12)20)23-13-9-22-18(19)24-16(13)25;2*1-2/h2-9H,1H3,(H2,20,21);2*1-2H3. The second-order valence-electron chi connectivity index (χ2n) is 5.59. The first-order valence-electron chi connectivity index (χ1n) is 9.89. The summed E-state index contributed by atoms with van der Waals surface area (Å²) in [7, 11) is 1.34. The molecule has 8 nitrogen and oxygen atoms in total. The quantitative estimate of drug-likeness (QED) is 0.354. The number of hydrogen-bond donors (Lipinski definition) is 1. The molecule has 0 saturated carbocycles. The molecule has 0 fully saturated rings. The first kappa shape index (κ1) is 23.8. The molecule has 0 unspecified atom stereocenters. The van der Waals surface area contributed by atoms with Crippen molar-refractivity contribution in [2.75, 3.05) is 12.8 Å². The lowest BCUT2D eigenvalue weighted by Gasteiger charge is -2.10. The van der Waals surface area contributed by atoms with Crippen molar-refractivity contribution in [3.8, 4) is 17.1 Å². The summed E-state index contributed by atoms with van der Waals surface area (Å²) in [5.41, 5.74) is 8.90. The number of esters is 1. The van der Waals surface area contributed by atoms with Gasteiger partial charge in [0.1, 0.15) is 11.3 Å². The number of carbonyl (C=O) groups is 1. The number of benzene rings is 1. The molecule has 4 aromatic rings. The van der Waals surface area contributed by atoms with Crippen LogP contribution in [0.25, 0.3) is 28.2 Å². The monoisotopic (exact) mass is 440 g/mol. The van der Waals surface area contributed by atoms with Crippen LogP contribution in [0.15, 0.2) is 48.8 Å². The third kappa shape index (κ3) is 4.97. The van der Waals surface area contributed by atoms with E-state index in [2.05, 4.69) is 19.9 Å². The van der Waals surface area contributed by atoms with Crippen molar-refractivity contribution in [2.45, 2.75) is 27.7 Å². The summed E-state index contributed by atoms with van der Waals surface area (Å²) in [4.78, 5) is 28.7. The Morgan fingerprint density at radius 2 is 1.71 bits per heavy atom. The van der Waals surface area contributed by atoms with Crippen molar-refractivity contribution < 1.29 is 9.53 Å². The number of hydrogen-bond acceptors (Lipinski definition) is 7. The number of methoxy groups -OCH3 is 1. The van der Waals surface area contributed by atoms with Crippen LogP contribution in [0.4, 0.5) is 5.82 Å². The second-order valence-corrected chi connectivity index (χ2v) is 5.93. The highest BCUT2D eigenvalue weighted by Gasteiger charge is 2.19. The molecule has 0 spiro atoms. The Labute approximate surface area is 186 Å². The van der Waals surface area contributed by atoms with E-state index in [1.165, 1.54) is 7.11 Å². The van der Waals surface area contributed by atoms with E-state index in [0.29, 0.717) is 33.9 Å². The number of rotatable bonds is 3. The summed E-state index contributed by atoms with van der Waals surface area (Å²) in [6.07, 6.45) is 3.15. The van der Waals surface area contributed by atoms with E-state index in [1.807, 2.05) is 33.8 Å². The lowest BCUT2D eigenvalue weighted by molar-refractivity contribution is 0.0600. The van der Waals surface area contributed by atoms with E-state index >= 15 is 0 Å². The largest absolute Gasteiger partial charge is 0.465 e. The molecule has 31 heavy (non-hydrogen) atoms. The summed E-state index contributed by atoms with van der Waals surface area (Å²) in [5, 5.41) is 0.0977. The van der Waals surface area contributed by atoms with Crippen molar-refractivity contribution in [1.29, 1.82) is 0 Å². The van der Waals surface area contributed by atoms with E-state index < -0.39 is 5.97 Å². The molecule has 9 heteroatoms. The Morgan fingerprint density at radius 3 is 2.32 bits per heavy atom. The molecule has 0 atom stereocenters. The van der Waals surface area contributed by atoms with Crippen LogP contribution in [-0.4, -0.2) is 37.6 Å². The van der Waals surface area contributed by atoms with Crippen LogP contribution in [0.5, 0.6) is 0 Å². The van der Waals surface area contributed by atoms with Crippen LogP contribution >= 0.6 is 11.6 Å². The second kappa shape index (κ2) is 11.0. The van der Waals surface area contributed by atoms with Crippen molar-refractivity contribution in [3.63, 3.8) is 0 Å². The van der Waals surface area contributed by atoms with Gasteiger partial charge in [-0.3, -0.25) is 4.57 Å². The number of aromatic nitrogens is 5. The number of carbonyl (C=O) groups excluding carboxylic acids is 1. The summed E-state index contributed by atoms with van der Waals surface area (Å²) < 4.78 is 6.53. The maximum Gasteiger partial charge on any atom is 0.337 e. The maximum absolute atomic E-state index is 11.7. The van der Waals surface area contributed by atoms with Gasteiger partial charge in [-0.05, 0) is 48.0 Å². The Morgan fingerprint density at radius 1 is 1.03 bits per heavy atom. The Hall–Kier alpha value is -3.52. The van der Waals surface area contributed by atoms with Gasteiger partial charge in [-0.25, -0.2) is 19.7 Å². The van der Waals surface area contributed by atoms with Gasteiger partial charge in [-0.15, -0.1) is 0 Å². The van der Waals surface area contributed by atoms with Crippen molar-refractivity contribution in [3.05, 3.63) is 59.6 Å². The van der Waals surface area contributed by atoms with Gasteiger partial charge in [-0.1, -0.05) is 27.7 Å². The predicted molar refractivity (Wildman–Crippen MR) is 123 cm³/mol. The van der Waals surface area contributed by atoms with Crippen molar-refractivity contribution in [1.82, 2.24) is 24.5 Å². The summed E-state index contributed by atoms with van der Waals surface area (Å²) >= 11 is 5.99. The number of imidazole rings is 1. The fraction of sp³-hybridized carbons (Fsp3) is 0.227. The number of fused-ring (bicyclic) bond motifs is 1. The lowest BCUT2D eigenvalue weighted by atomic mass is 10.2. The number of nitrogens with two attached hydrogens (primary N) is 1. The average Bonchev–Trinajstić information content (AvgIpc) is 3.20. The van der Waals surface area contributed by atoms with Crippen LogP contribution < -0.4 is 5.73 Å². The smallest absolute Gasteiger partial charge is 0.337 e. The van der Waals surface area contributed by atoms with Gasteiger partial charge in [0.2, 0.25) is 5.28 Å². The molecule has 0 aliphatic rings. The molecule has 1 aromatic carbocycles. The van der Waals surface area contributed by atoms with Crippen LogP contribution in [-0.2, 0) is 4.74 Å². The molecule has 162 valence electrons. The topological polar surface area (TPSA) is 109 Å². The number of nitrogen functional groups attached to an aromatic ring is 1. The number of pyridine rings is 1. The normalized spacial score (nSPS) is 9.87. The minimum Gasteiger partial charge on any atom is -0.465 e. The molecule has 0 saturated heterocycles. The van der Waals surface area contributed by atoms with Crippen molar-refractivity contribution >= 4 is 34.6 Å². The van der Waals surface area contributed by atoms with E-state index in [0.717, 1.165) is 5.69 Å². The molecular weight excluding hydrogens is 416 g/mol. The number of nitrogens with zero attached hydrogens (tertiary/aromatic N) is 5. The van der Waals surface area contributed by atoms with Gasteiger partial charge in [0.15, 0.2) is 11.5 Å². The van der Waals surface area contributed by atoms with Crippen LogP contribution in [0.3, 0.4) is 0 Å². The van der Waals surface area contributed by atoms with Gasteiger partial charge in [0.05, 0.1) is 24.4 Å². The zero-order valence-electron chi connectivity index (χ0n) is 18.1. The average molecular weight is 441 g/mol. The summed E-state index contributed by atoms with van der Waals surface area (Å²) in [6.45, 7) is 8.00. The van der Waals surface area contributed by atoms with E-state index in [4.69, 9.17) is 22.1 Å². The first-order chi connectivity index (χ1) is 15.1. The van der Waals surface area contributed by atoms with Gasteiger partial charge in [0, 0.05) is 11.9 Å². The molecule has 4 rings (SSSR count). The molecule has 0 aliphatic carbocycles. The van der Waals surface area contributed by atoms with Gasteiger partial charge in [0.25, 0.3) is 0 Å². The van der Waals surface area contributed by atoms with E-state index in [-0.39, 0.29) is 5.28 Å². The zero-order chi connectivity index (χ0) is 23.0. The summed E-state index contributed by atoms with van der Waals surface area (Å²) in [5.74, 6) is 0.455. The van der Waals surface area contributed by atoms with Gasteiger partial charge >= 0.3 is 5.97 Å².